The Hall–Kier alpha value is -0.870. The molecule has 0 aromatic carbocycles. The number of anilines is 1. The van der Waals surface area contributed by atoms with Crippen LogP contribution in [0.25, 0.3) is 0 Å². The zero-order valence-corrected chi connectivity index (χ0v) is 11.5. The molecule has 0 saturated heterocycles. The number of hydrogen-bond acceptors (Lipinski definition) is 4. The van der Waals surface area contributed by atoms with Gasteiger partial charge in [-0.05, 0) is 31.4 Å². The van der Waals surface area contributed by atoms with E-state index >= 15 is 0 Å². The number of aryl methyl sites for hydroxylation is 1. The summed E-state index contributed by atoms with van der Waals surface area (Å²) in [5.41, 5.74) is 0.866. The molecule has 1 aliphatic carbocycles. The lowest BCUT2D eigenvalue weighted by Crippen LogP contribution is -2.20. The summed E-state index contributed by atoms with van der Waals surface area (Å²) >= 11 is 5.79. The molecule has 1 fully saturated rings. The summed E-state index contributed by atoms with van der Waals surface area (Å²) in [5, 5.41) is 3.49. The van der Waals surface area contributed by atoms with Crippen LogP contribution in [0.5, 0.6) is 0 Å². The molecule has 0 unspecified atom stereocenters. The second-order valence-corrected chi connectivity index (χ2v) is 5.06. The van der Waals surface area contributed by atoms with Crippen LogP contribution in [0.15, 0.2) is 6.07 Å². The third-order valence-corrected chi connectivity index (χ3v) is 3.31. The molecule has 1 saturated carbocycles. The standard InChI is InChI=1S/C13H20ClN3O/c1-10-9-12(17-13(14)16-10)15-7-8-18-11-5-3-2-4-6-11/h9,11H,2-8H2,1H3,(H,15,16,17). The molecule has 100 valence electrons. The lowest BCUT2D eigenvalue weighted by atomic mass is 9.98. The Morgan fingerprint density at radius 1 is 1.33 bits per heavy atom. The third-order valence-electron chi connectivity index (χ3n) is 3.14. The Kier molecular flexibility index (Phi) is 5.20. The lowest BCUT2D eigenvalue weighted by Gasteiger charge is -2.22. The fourth-order valence-electron chi connectivity index (χ4n) is 2.26. The van der Waals surface area contributed by atoms with E-state index in [0.29, 0.717) is 12.7 Å². The minimum Gasteiger partial charge on any atom is -0.376 e. The minimum absolute atomic E-state index is 0.283. The van der Waals surface area contributed by atoms with E-state index in [1.807, 2.05) is 13.0 Å². The summed E-state index contributed by atoms with van der Waals surface area (Å²) in [6, 6.07) is 1.88. The van der Waals surface area contributed by atoms with E-state index in [4.69, 9.17) is 16.3 Å². The van der Waals surface area contributed by atoms with Crippen molar-refractivity contribution < 1.29 is 4.74 Å². The highest BCUT2D eigenvalue weighted by atomic mass is 35.5. The lowest BCUT2D eigenvalue weighted by molar-refractivity contribution is 0.0347. The van der Waals surface area contributed by atoms with Gasteiger partial charge in [0.15, 0.2) is 0 Å². The summed E-state index contributed by atoms with van der Waals surface area (Å²) in [6.07, 6.45) is 6.84. The highest BCUT2D eigenvalue weighted by Gasteiger charge is 2.12. The van der Waals surface area contributed by atoms with Crippen LogP contribution in [0.1, 0.15) is 37.8 Å². The number of hydrogen-bond donors (Lipinski definition) is 1. The first kappa shape index (κ1) is 13.6. The quantitative estimate of drug-likeness (QED) is 0.659. The van der Waals surface area contributed by atoms with Crippen molar-refractivity contribution in [3.63, 3.8) is 0 Å². The van der Waals surface area contributed by atoms with Crippen molar-refractivity contribution in [2.24, 2.45) is 0 Å². The molecular formula is C13H20ClN3O. The Labute approximate surface area is 113 Å². The largest absolute Gasteiger partial charge is 0.376 e. The van der Waals surface area contributed by atoms with Crippen LogP contribution in [0, 0.1) is 6.92 Å². The zero-order chi connectivity index (χ0) is 12.8. The normalized spacial score (nSPS) is 16.8. The maximum atomic E-state index is 5.83. The molecule has 0 aliphatic heterocycles. The van der Waals surface area contributed by atoms with Crippen molar-refractivity contribution in [1.29, 1.82) is 0 Å². The number of rotatable bonds is 5. The van der Waals surface area contributed by atoms with Crippen LogP contribution >= 0.6 is 11.6 Å². The topological polar surface area (TPSA) is 47.0 Å². The molecule has 0 bridgehead atoms. The maximum Gasteiger partial charge on any atom is 0.224 e. The van der Waals surface area contributed by atoms with Gasteiger partial charge in [0, 0.05) is 18.3 Å². The van der Waals surface area contributed by atoms with Gasteiger partial charge in [0.25, 0.3) is 0 Å². The molecule has 4 nitrogen and oxygen atoms in total. The number of aromatic nitrogens is 2. The van der Waals surface area contributed by atoms with E-state index in [1.54, 1.807) is 0 Å². The van der Waals surface area contributed by atoms with E-state index in [0.717, 1.165) is 18.1 Å². The number of nitrogens with zero attached hydrogens (tertiary/aromatic N) is 2. The van der Waals surface area contributed by atoms with Crippen LogP contribution in [-0.4, -0.2) is 29.2 Å². The highest BCUT2D eigenvalue weighted by Crippen LogP contribution is 2.20. The van der Waals surface area contributed by atoms with Gasteiger partial charge in [0.2, 0.25) is 5.28 Å². The van der Waals surface area contributed by atoms with Crippen molar-refractivity contribution >= 4 is 17.4 Å². The third kappa shape index (κ3) is 4.42. The van der Waals surface area contributed by atoms with Crippen molar-refractivity contribution in [3.8, 4) is 0 Å². The van der Waals surface area contributed by atoms with Crippen molar-refractivity contribution in [3.05, 3.63) is 17.0 Å². The van der Waals surface area contributed by atoms with Gasteiger partial charge in [0.05, 0.1) is 12.7 Å². The van der Waals surface area contributed by atoms with Crippen LogP contribution in [0.4, 0.5) is 5.82 Å². The zero-order valence-electron chi connectivity index (χ0n) is 10.8. The molecule has 1 aromatic rings. The Bertz CT molecular complexity index is 360. The van der Waals surface area contributed by atoms with E-state index in [2.05, 4.69) is 15.3 Å². The first-order chi connectivity index (χ1) is 8.74. The van der Waals surface area contributed by atoms with Gasteiger partial charge in [0.1, 0.15) is 5.82 Å². The molecule has 1 aliphatic rings. The molecule has 1 N–H and O–H groups in total. The van der Waals surface area contributed by atoms with Crippen LogP contribution in [0.2, 0.25) is 5.28 Å². The first-order valence-electron chi connectivity index (χ1n) is 6.61. The molecule has 18 heavy (non-hydrogen) atoms. The van der Waals surface area contributed by atoms with Gasteiger partial charge in [-0.3, -0.25) is 0 Å². The Morgan fingerprint density at radius 2 is 2.11 bits per heavy atom. The molecule has 2 rings (SSSR count). The predicted octanol–water partition coefficient (Wildman–Crippen LogP) is 3.20. The van der Waals surface area contributed by atoms with Crippen LogP contribution in [0.3, 0.4) is 0 Å². The van der Waals surface area contributed by atoms with Gasteiger partial charge in [-0.1, -0.05) is 19.3 Å². The van der Waals surface area contributed by atoms with Gasteiger partial charge in [-0.25, -0.2) is 9.97 Å². The van der Waals surface area contributed by atoms with Crippen molar-refractivity contribution in [1.82, 2.24) is 9.97 Å². The number of halogens is 1. The first-order valence-corrected chi connectivity index (χ1v) is 6.98. The fourth-order valence-corrected chi connectivity index (χ4v) is 2.48. The molecule has 0 amide bonds. The maximum absolute atomic E-state index is 5.83. The molecule has 0 spiro atoms. The second kappa shape index (κ2) is 6.90. The molecular weight excluding hydrogens is 250 g/mol. The summed E-state index contributed by atoms with van der Waals surface area (Å²) < 4.78 is 5.83. The summed E-state index contributed by atoms with van der Waals surface area (Å²) in [6.45, 7) is 3.37. The van der Waals surface area contributed by atoms with Crippen LogP contribution < -0.4 is 5.32 Å². The summed E-state index contributed by atoms with van der Waals surface area (Å²) in [4.78, 5) is 8.13. The molecule has 0 radical (unpaired) electrons. The Morgan fingerprint density at radius 3 is 2.83 bits per heavy atom. The smallest absolute Gasteiger partial charge is 0.224 e. The molecule has 5 heteroatoms. The molecule has 1 heterocycles. The molecule has 0 atom stereocenters. The van der Waals surface area contributed by atoms with E-state index in [-0.39, 0.29) is 5.28 Å². The van der Waals surface area contributed by atoms with Gasteiger partial charge < -0.3 is 10.1 Å². The Balaban J connectivity index is 1.68. The number of nitrogens with one attached hydrogen (secondary N) is 1. The average molecular weight is 270 g/mol. The fraction of sp³-hybridized carbons (Fsp3) is 0.692. The summed E-state index contributed by atoms with van der Waals surface area (Å²) in [5.74, 6) is 0.764. The van der Waals surface area contributed by atoms with Gasteiger partial charge in [-0.15, -0.1) is 0 Å². The monoisotopic (exact) mass is 269 g/mol. The molecule has 1 aromatic heterocycles. The van der Waals surface area contributed by atoms with Gasteiger partial charge in [-0.2, -0.15) is 0 Å². The van der Waals surface area contributed by atoms with Crippen LogP contribution in [-0.2, 0) is 4.74 Å². The number of ether oxygens (including phenoxy) is 1. The van der Waals surface area contributed by atoms with E-state index in [9.17, 15) is 0 Å². The van der Waals surface area contributed by atoms with E-state index < -0.39 is 0 Å². The second-order valence-electron chi connectivity index (χ2n) is 4.72. The van der Waals surface area contributed by atoms with Gasteiger partial charge >= 0.3 is 0 Å². The van der Waals surface area contributed by atoms with Crippen molar-refractivity contribution in [2.45, 2.75) is 45.1 Å². The summed E-state index contributed by atoms with van der Waals surface area (Å²) in [7, 11) is 0. The predicted molar refractivity (Wildman–Crippen MR) is 73.1 cm³/mol. The van der Waals surface area contributed by atoms with E-state index in [1.165, 1.54) is 32.1 Å². The minimum atomic E-state index is 0.283. The average Bonchev–Trinajstić information content (AvgIpc) is 2.35. The highest BCUT2D eigenvalue weighted by molar-refractivity contribution is 6.28. The SMILES string of the molecule is Cc1cc(NCCOC2CCCCC2)nc(Cl)n1. The van der Waals surface area contributed by atoms with Crippen molar-refractivity contribution in [2.75, 3.05) is 18.5 Å².